The molecular formula is C24H22F2N2O2. The van der Waals surface area contributed by atoms with Crippen LogP contribution in [-0.4, -0.2) is 23.0 Å². The number of halogens is 2. The van der Waals surface area contributed by atoms with Gasteiger partial charge in [-0.3, -0.25) is 9.78 Å². The molecule has 154 valence electrons. The van der Waals surface area contributed by atoms with E-state index in [9.17, 15) is 18.8 Å². The number of cyclic esters (lactones) is 1. The molecule has 1 aliphatic carbocycles. The van der Waals surface area contributed by atoms with E-state index in [0.717, 1.165) is 11.1 Å². The Kier molecular flexibility index (Phi) is 5.15. The van der Waals surface area contributed by atoms with Crippen LogP contribution in [0.25, 0.3) is 17.2 Å². The standard InChI is InChI=1S/C24H22F2N2O2/c1-14-19(22-15(2)30-23(29)21(22)11-24(14,25)26)10-9-18-8-7-17(13-28-18)20-6-4-3-5-16(20)12-27/h3-10,13-15,19,21-22H,11H2,1-2H3/b10-9+/t14-,15+,19-,21?,22?/m0/s1. The molecule has 0 spiro atoms. The van der Waals surface area contributed by atoms with Gasteiger partial charge in [-0.25, -0.2) is 8.78 Å². The van der Waals surface area contributed by atoms with Gasteiger partial charge in [0.1, 0.15) is 6.10 Å². The van der Waals surface area contributed by atoms with Crippen LogP contribution in [0.1, 0.15) is 31.5 Å². The van der Waals surface area contributed by atoms with Gasteiger partial charge in [0, 0.05) is 35.6 Å². The number of hydrogen-bond acceptors (Lipinski definition) is 4. The second-order valence-corrected chi connectivity index (χ2v) is 8.15. The highest BCUT2D eigenvalue weighted by Crippen LogP contribution is 2.52. The Hall–Kier alpha value is -3.07. The number of rotatable bonds is 3. The summed E-state index contributed by atoms with van der Waals surface area (Å²) in [4.78, 5) is 16.5. The molecule has 2 aliphatic rings. The first-order chi connectivity index (χ1) is 14.3. The second-order valence-electron chi connectivity index (χ2n) is 8.15. The summed E-state index contributed by atoms with van der Waals surface area (Å²) in [6, 6.07) is 13.1. The Bertz CT molecular complexity index is 1030. The van der Waals surface area contributed by atoms with Gasteiger partial charge in [0.2, 0.25) is 0 Å². The average Bonchev–Trinajstić information content (AvgIpc) is 3.01. The lowest BCUT2D eigenvalue weighted by Gasteiger charge is -2.41. The number of alkyl halides is 2. The van der Waals surface area contributed by atoms with E-state index in [2.05, 4.69) is 11.1 Å². The molecule has 2 fully saturated rings. The van der Waals surface area contributed by atoms with Gasteiger partial charge in [0.05, 0.1) is 23.2 Å². The third-order valence-corrected chi connectivity index (χ3v) is 6.43. The van der Waals surface area contributed by atoms with E-state index in [4.69, 9.17) is 4.74 Å². The Morgan fingerprint density at radius 1 is 1.23 bits per heavy atom. The number of pyridine rings is 1. The third kappa shape index (κ3) is 3.49. The lowest BCUT2D eigenvalue weighted by molar-refractivity contribution is -0.152. The number of ether oxygens (including phenoxy) is 1. The minimum Gasteiger partial charge on any atom is -0.462 e. The van der Waals surface area contributed by atoms with E-state index >= 15 is 0 Å². The number of allylic oxidation sites excluding steroid dienone is 1. The number of carbonyl (C=O) groups excluding carboxylic acids is 1. The Labute approximate surface area is 174 Å². The maximum Gasteiger partial charge on any atom is 0.309 e. The average molecular weight is 408 g/mol. The molecule has 0 N–H and O–H groups in total. The second kappa shape index (κ2) is 7.64. The van der Waals surface area contributed by atoms with Crippen molar-refractivity contribution in [3.05, 3.63) is 59.9 Å². The molecule has 1 saturated heterocycles. The van der Waals surface area contributed by atoms with Gasteiger partial charge in [-0.15, -0.1) is 0 Å². The highest BCUT2D eigenvalue weighted by atomic mass is 19.3. The summed E-state index contributed by atoms with van der Waals surface area (Å²) < 4.78 is 34.4. The van der Waals surface area contributed by atoms with Gasteiger partial charge in [0.25, 0.3) is 5.92 Å². The summed E-state index contributed by atoms with van der Waals surface area (Å²) in [5.74, 6) is -5.84. The summed E-state index contributed by atoms with van der Waals surface area (Å²) in [5.41, 5.74) is 2.79. The summed E-state index contributed by atoms with van der Waals surface area (Å²) >= 11 is 0. The van der Waals surface area contributed by atoms with Crippen LogP contribution >= 0.6 is 0 Å². The van der Waals surface area contributed by atoms with Gasteiger partial charge < -0.3 is 4.74 Å². The Morgan fingerprint density at radius 2 is 2.00 bits per heavy atom. The largest absolute Gasteiger partial charge is 0.462 e. The number of esters is 1. The highest BCUT2D eigenvalue weighted by Gasteiger charge is 2.59. The Morgan fingerprint density at radius 3 is 2.70 bits per heavy atom. The van der Waals surface area contributed by atoms with Crippen LogP contribution in [0.2, 0.25) is 0 Å². The van der Waals surface area contributed by atoms with Crippen molar-refractivity contribution in [2.45, 2.75) is 32.3 Å². The van der Waals surface area contributed by atoms with Gasteiger partial charge in [0.15, 0.2) is 0 Å². The van der Waals surface area contributed by atoms with Crippen molar-refractivity contribution < 1.29 is 18.3 Å². The number of nitrogens with zero attached hydrogens (tertiary/aromatic N) is 2. The van der Waals surface area contributed by atoms with Crippen molar-refractivity contribution >= 4 is 12.0 Å². The molecule has 1 aliphatic heterocycles. The van der Waals surface area contributed by atoms with Crippen LogP contribution in [0.5, 0.6) is 0 Å². The molecule has 0 bridgehead atoms. The third-order valence-electron chi connectivity index (χ3n) is 6.43. The molecule has 6 heteroatoms. The van der Waals surface area contributed by atoms with Crippen molar-refractivity contribution in [1.82, 2.24) is 4.98 Å². The van der Waals surface area contributed by atoms with Gasteiger partial charge in [-0.05, 0) is 31.1 Å². The molecule has 2 unspecified atom stereocenters. The molecule has 4 rings (SSSR count). The first-order valence-electron chi connectivity index (χ1n) is 10.0. The minimum atomic E-state index is -2.92. The number of aromatic nitrogens is 1. The Balaban J connectivity index is 1.59. The predicted octanol–water partition coefficient (Wildman–Crippen LogP) is 5.10. The molecule has 4 nitrogen and oxygen atoms in total. The normalized spacial score (nSPS) is 30.0. The van der Waals surface area contributed by atoms with E-state index in [-0.39, 0.29) is 12.0 Å². The molecule has 5 atom stereocenters. The van der Waals surface area contributed by atoms with Crippen molar-refractivity contribution in [2.24, 2.45) is 23.7 Å². The van der Waals surface area contributed by atoms with Gasteiger partial charge in [-0.1, -0.05) is 37.3 Å². The van der Waals surface area contributed by atoms with E-state index in [1.165, 1.54) is 6.92 Å². The van der Waals surface area contributed by atoms with Crippen molar-refractivity contribution in [3.8, 4) is 17.2 Å². The predicted molar refractivity (Wildman–Crippen MR) is 108 cm³/mol. The quantitative estimate of drug-likeness (QED) is 0.663. The van der Waals surface area contributed by atoms with E-state index in [0.29, 0.717) is 11.3 Å². The van der Waals surface area contributed by atoms with Crippen LogP contribution in [0.4, 0.5) is 8.78 Å². The lowest BCUT2D eigenvalue weighted by atomic mass is 9.64. The molecule has 0 radical (unpaired) electrons. The minimum absolute atomic E-state index is 0.259. The molecular weight excluding hydrogens is 386 g/mol. The van der Waals surface area contributed by atoms with Crippen LogP contribution < -0.4 is 0 Å². The van der Waals surface area contributed by atoms with Crippen LogP contribution in [-0.2, 0) is 9.53 Å². The lowest BCUT2D eigenvalue weighted by Crippen LogP contribution is -2.46. The smallest absolute Gasteiger partial charge is 0.309 e. The van der Waals surface area contributed by atoms with Crippen LogP contribution in [0.3, 0.4) is 0 Å². The molecule has 0 amide bonds. The summed E-state index contributed by atoms with van der Waals surface area (Å²) in [6.45, 7) is 3.31. The summed E-state index contributed by atoms with van der Waals surface area (Å²) in [7, 11) is 0. The molecule has 1 aromatic carbocycles. The molecule has 2 aromatic rings. The number of carbonyl (C=O) groups is 1. The van der Waals surface area contributed by atoms with E-state index in [1.54, 1.807) is 43.5 Å². The van der Waals surface area contributed by atoms with Crippen LogP contribution in [0.15, 0.2) is 48.7 Å². The zero-order valence-electron chi connectivity index (χ0n) is 16.8. The van der Waals surface area contributed by atoms with Gasteiger partial charge in [-0.2, -0.15) is 5.26 Å². The monoisotopic (exact) mass is 408 g/mol. The molecule has 2 heterocycles. The van der Waals surface area contributed by atoms with Crippen LogP contribution in [0, 0.1) is 35.0 Å². The highest BCUT2D eigenvalue weighted by molar-refractivity contribution is 5.76. The van der Waals surface area contributed by atoms with Crippen molar-refractivity contribution in [3.63, 3.8) is 0 Å². The number of nitriles is 1. The summed E-state index contributed by atoms with van der Waals surface area (Å²) in [5, 5.41) is 9.27. The molecule has 30 heavy (non-hydrogen) atoms. The zero-order chi connectivity index (χ0) is 21.5. The van der Waals surface area contributed by atoms with E-state index in [1.807, 2.05) is 18.2 Å². The van der Waals surface area contributed by atoms with Crippen molar-refractivity contribution in [2.75, 3.05) is 0 Å². The number of fused-ring (bicyclic) bond motifs is 1. The topological polar surface area (TPSA) is 63.0 Å². The maximum absolute atomic E-state index is 14.5. The number of benzene rings is 1. The summed E-state index contributed by atoms with van der Waals surface area (Å²) in [6.07, 6.45) is 4.32. The fraction of sp³-hybridized carbons (Fsp3) is 0.375. The van der Waals surface area contributed by atoms with Gasteiger partial charge >= 0.3 is 5.97 Å². The zero-order valence-corrected chi connectivity index (χ0v) is 16.8. The SMILES string of the molecule is C[C@H]1OC(=O)C2CC(F)(F)[C@@H](C)[C@H](/C=C/c3ccc(-c4ccccc4C#N)cn3)C21. The number of hydrogen-bond donors (Lipinski definition) is 0. The van der Waals surface area contributed by atoms with E-state index < -0.39 is 36.1 Å². The first-order valence-corrected chi connectivity index (χ1v) is 10.0. The molecule has 1 saturated carbocycles. The molecule has 1 aromatic heterocycles. The fourth-order valence-electron chi connectivity index (χ4n) is 4.73. The maximum atomic E-state index is 14.5. The van der Waals surface area contributed by atoms with Crippen molar-refractivity contribution in [1.29, 1.82) is 5.26 Å². The fourth-order valence-corrected chi connectivity index (χ4v) is 4.73. The first kappa shape index (κ1) is 20.2.